The maximum absolute atomic E-state index is 9.97. The minimum Gasteiger partial charge on any atom is -0.491 e. The van der Waals surface area contributed by atoms with Gasteiger partial charge in [0, 0.05) is 23.4 Å². The number of ether oxygens (including phenoxy) is 1. The first kappa shape index (κ1) is 24.3. The van der Waals surface area contributed by atoms with Crippen LogP contribution in [0.2, 0.25) is 0 Å². The normalized spacial score (nSPS) is 11.9. The average Bonchev–Trinajstić information content (AvgIpc) is 3.18. The van der Waals surface area contributed by atoms with Gasteiger partial charge < -0.3 is 25.0 Å². The van der Waals surface area contributed by atoms with Crippen molar-refractivity contribution in [3.63, 3.8) is 0 Å². The van der Waals surface area contributed by atoms with E-state index in [1.165, 1.54) is 0 Å². The summed E-state index contributed by atoms with van der Waals surface area (Å²) in [4.78, 5) is 14.1. The van der Waals surface area contributed by atoms with Crippen molar-refractivity contribution >= 4 is 11.5 Å². The number of nitrogens with zero attached hydrogens (tertiary/aromatic N) is 4. The summed E-state index contributed by atoms with van der Waals surface area (Å²) in [5, 5.41) is 20.4. The fourth-order valence-corrected chi connectivity index (χ4v) is 3.72. The van der Waals surface area contributed by atoms with Crippen LogP contribution in [0.3, 0.4) is 0 Å². The van der Waals surface area contributed by atoms with Crippen LogP contribution in [0.25, 0.3) is 22.6 Å². The molecule has 0 saturated carbocycles. The lowest BCUT2D eigenvalue weighted by Crippen LogP contribution is -2.29. The van der Waals surface area contributed by atoms with Crippen LogP contribution in [0.5, 0.6) is 5.75 Å². The molecule has 1 aromatic carbocycles. The molecule has 3 aromatic heterocycles. The number of aliphatic hydroxyl groups excluding tert-OH is 1. The van der Waals surface area contributed by atoms with E-state index in [1.807, 2.05) is 64.1 Å². The van der Waals surface area contributed by atoms with Crippen molar-refractivity contribution in [2.45, 2.75) is 33.8 Å². The van der Waals surface area contributed by atoms with Gasteiger partial charge in [0.25, 0.3) is 0 Å². The molecule has 1 unspecified atom stereocenters. The Morgan fingerprint density at radius 3 is 2.60 bits per heavy atom. The molecule has 0 spiro atoms. The van der Waals surface area contributed by atoms with Gasteiger partial charge in [-0.1, -0.05) is 17.3 Å². The second kappa shape index (κ2) is 10.6. The smallest absolute Gasteiger partial charge is 0.162 e. The van der Waals surface area contributed by atoms with Gasteiger partial charge in [-0.25, -0.2) is 9.97 Å². The highest BCUT2D eigenvalue weighted by Crippen LogP contribution is 2.34. The van der Waals surface area contributed by atoms with Crippen LogP contribution in [0.4, 0.5) is 11.5 Å². The van der Waals surface area contributed by atoms with Gasteiger partial charge in [0.2, 0.25) is 0 Å². The maximum atomic E-state index is 9.97. The third-order valence-electron chi connectivity index (χ3n) is 5.56. The molecule has 4 rings (SSSR count). The molecule has 0 bridgehead atoms. The minimum absolute atomic E-state index is 0.177. The summed E-state index contributed by atoms with van der Waals surface area (Å²) in [5.41, 5.74) is 5.75. The first-order valence-electron chi connectivity index (χ1n) is 11.4. The van der Waals surface area contributed by atoms with E-state index in [1.54, 1.807) is 13.2 Å². The summed E-state index contributed by atoms with van der Waals surface area (Å²) in [5.74, 6) is 2.49. The SMILES string of the molecule is CNCC(O)COc1cccc(-c2nc(Nc3ccc(C)nc3)c(C)c(-c3c(C)noc3C)n2)c1. The van der Waals surface area contributed by atoms with Gasteiger partial charge in [-0.3, -0.25) is 4.98 Å². The van der Waals surface area contributed by atoms with Gasteiger partial charge in [0.1, 0.15) is 30.0 Å². The summed E-state index contributed by atoms with van der Waals surface area (Å²) >= 11 is 0. The Kier molecular flexibility index (Phi) is 7.38. The van der Waals surface area contributed by atoms with E-state index in [4.69, 9.17) is 19.2 Å². The van der Waals surface area contributed by atoms with E-state index >= 15 is 0 Å². The fraction of sp³-hybridized carbons (Fsp3) is 0.308. The van der Waals surface area contributed by atoms with Crippen LogP contribution in [-0.4, -0.2) is 51.5 Å². The highest BCUT2D eigenvalue weighted by Gasteiger charge is 2.20. The topological polar surface area (TPSA) is 118 Å². The predicted molar refractivity (Wildman–Crippen MR) is 135 cm³/mol. The molecule has 4 aromatic rings. The van der Waals surface area contributed by atoms with E-state index in [0.717, 1.165) is 39.5 Å². The highest BCUT2D eigenvalue weighted by molar-refractivity contribution is 5.76. The fourth-order valence-electron chi connectivity index (χ4n) is 3.72. The largest absolute Gasteiger partial charge is 0.491 e. The Morgan fingerprint density at radius 1 is 1.09 bits per heavy atom. The van der Waals surface area contributed by atoms with E-state index < -0.39 is 6.10 Å². The molecule has 3 heterocycles. The van der Waals surface area contributed by atoms with E-state index in [9.17, 15) is 5.11 Å². The number of aliphatic hydroxyl groups is 1. The van der Waals surface area contributed by atoms with Gasteiger partial charge >= 0.3 is 0 Å². The van der Waals surface area contributed by atoms with Gasteiger partial charge in [-0.15, -0.1) is 0 Å². The lowest BCUT2D eigenvalue weighted by atomic mass is 10.0. The molecule has 0 amide bonds. The molecule has 182 valence electrons. The number of likely N-dealkylation sites (N-methyl/N-ethyl adjacent to an activating group) is 1. The van der Waals surface area contributed by atoms with Crippen molar-refractivity contribution in [2.75, 3.05) is 25.5 Å². The number of nitrogens with one attached hydrogen (secondary N) is 2. The molecule has 0 aliphatic carbocycles. The molecule has 35 heavy (non-hydrogen) atoms. The maximum Gasteiger partial charge on any atom is 0.162 e. The summed E-state index contributed by atoms with van der Waals surface area (Å²) in [7, 11) is 1.79. The molecular weight excluding hydrogens is 444 g/mol. The number of hydrogen-bond donors (Lipinski definition) is 3. The Labute approximate surface area is 204 Å². The predicted octanol–water partition coefficient (Wildman–Crippen LogP) is 4.13. The zero-order chi connectivity index (χ0) is 24.9. The van der Waals surface area contributed by atoms with Crippen molar-refractivity contribution in [3.8, 4) is 28.4 Å². The zero-order valence-electron chi connectivity index (χ0n) is 20.6. The third-order valence-corrected chi connectivity index (χ3v) is 5.56. The number of pyridine rings is 1. The summed E-state index contributed by atoms with van der Waals surface area (Å²) in [6, 6.07) is 11.4. The molecule has 0 fully saturated rings. The van der Waals surface area contributed by atoms with E-state index in [0.29, 0.717) is 29.7 Å². The summed E-state index contributed by atoms with van der Waals surface area (Å²) in [6.07, 6.45) is 1.17. The number of aromatic nitrogens is 4. The first-order chi connectivity index (χ1) is 16.9. The Balaban J connectivity index is 1.76. The quantitative estimate of drug-likeness (QED) is 0.329. The molecular formula is C26H30N6O3. The summed E-state index contributed by atoms with van der Waals surface area (Å²) in [6.45, 7) is 8.31. The molecule has 0 saturated heterocycles. The molecule has 1 atom stereocenters. The van der Waals surface area contributed by atoms with Crippen molar-refractivity contribution in [1.82, 2.24) is 25.4 Å². The number of rotatable bonds is 9. The van der Waals surface area contributed by atoms with Crippen LogP contribution in [0.15, 0.2) is 47.1 Å². The van der Waals surface area contributed by atoms with Crippen LogP contribution in [-0.2, 0) is 0 Å². The zero-order valence-corrected chi connectivity index (χ0v) is 20.6. The second-order valence-corrected chi connectivity index (χ2v) is 8.43. The van der Waals surface area contributed by atoms with E-state index in [-0.39, 0.29) is 6.61 Å². The van der Waals surface area contributed by atoms with Crippen molar-refractivity contribution in [3.05, 3.63) is 65.3 Å². The lowest BCUT2D eigenvalue weighted by Gasteiger charge is -2.15. The lowest BCUT2D eigenvalue weighted by molar-refractivity contribution is 0.108. The van der Waals surface area contributed by atoms with Crippen LogP contribution < -0.4 is 15.4 Å². The first-order valence-corrected chi connectivity index (χ1v) is 11.4. The molecule has 3 N–H and O–H groups in total. The Morgan fingerprint density at radius 2 is 1.91 bits per heavy atom. The van der Waals surface area contributed by atoms with Crippen molar-refractivity contribution in [1.29, 1.82) is 0 Å². The Bertz CT molecular complexity index is 1280. The Hall–Kier alpha value is -3.82. The van der Waals surface area contributed by atoms with Gasteiger partial charge in [0.15, 0.2) is 5.82 Å². The number of aryl methyl sites for hydroxylation is 3. The third kappa shape index (κ3) is 5.64. The average molecular weight is 475 g/mol. The number of hydrogen-bond acceptors (Lipinski definition) is 9. The van der Waals surface area contributed by atoms with Gasteiger partial charge in [-0.05, 0) is 59.0 Å². The van der Waals surface area contributed by atoms with E-state index in [2.05, 4.69) is 20.8 Å². The molecule has 0 aliphatic rings. The van der Waals surface area contributed by atoms with Gasteiger partial charge in [0.05, 0.1) is 28.8 Å². The molecule has 9 nitrogen and oxygen atoms in total. The van der Waals surface area contributed by atoms with Crippen LogP contribution in [0.1, 0.15) is 22.7 Å². The molecule has 0 radical (unpaired) electrons. The molecule has 0 aliphatic heterocycles. The van der Waals surface area contributed by atoms with Crippen LogP contribution in [0, 0.1) is 27.7 Å². The number of anilines is 2. The van der Waals surface area contributed by atoms with Crippen LogP contribution >= 0.6 is 0 Å². The van der Waals surface area contributed by atoms with Crippen molar-refractivity contribution in [2.24, 2.45) is 0 Å². The summed E-state index contributed by atoms with van der Waals surface area (Å²) < 4.78 is 11.2. The highest BCUT2D eigenvalue weighted by atomic mass is 16.5. The minimum atomic E-state index is -0.607. The number of benzene rings is 1. The van der Waals surface area contributed by atoms with Crippen molar-refractivity contribution < 1.29 is 14.4 Å². The monoisotopic (exact) mass is 474 g/mol. The molecule has 9 heteroatoms. The standard InChI is InChI=1S/C26H30N6O3/c1-15-9-10-20(12-28-15)29-25-16(2)24(23-17(3)32-35-18(23)4)30-26(31-25)19-7-6-8-22(11-19)34-14-21(33)13-27-5/h6-12,21,27,33H,13-14H2,1-5H3,(H,29,30,31). The van der Waals surface area contributed by atoms with Gasteiger partial charge in [-0.2, -0.15) is 0 Å². The second-order valence-electron chi connectivity index (χ2n) is 8.43.